The Morgan fingerprint density at radius 2 is 1.37 bits per heavy atom. The van der Waals surface area contributed by atoms with Gasteiger partial charge in [-0.3, -0.25) is 0 Å². The van der Waals surface area contributed by atoms with E-state index in [1.807, 2.05) is 60.7 Å². The topological polar surface area (TPSA) is 41.6 Å². The van der Waals surface area contributed by atoms with Crippen molar-refractivity contribution in [3.8, 4) is 0 Å². The fourth-order valence-electron chi connectivity index (χ4n) is 5.01. The first-order valence-corrected chi connectivity index (χ1v) is 12.6. The molecular weight excluding hydrogens is 482 g/mol. The highest BCUT2D eigenvalue weighted by atomic mass is 19.1. The number of anilines is 2. The fraction of sp³-hybridized carbons (Fsp3) is 0.156. The number of carbonyl (C=O) groups is 1. The molecule has 0 unspecified atom stereocenters. The second kappa shape index (κ2) is 11.3. The summed E-state index contributed by atoms with van der Waals surface area (Å²) in [4.78, 5) is 15.8. The van der Waals surface area contributed by atoms with E-state index in [-0.39, 0.29) is 24.3 Å². The predicted molar refractivity (Wildman–Crippen MR) is 146 cm³/mol. The molecule has 4 aromatic carbocycles. The number of benzene rings is 4. The van der Waals surface area contributed by atoms with E-state index in [0.29, 0.717) is 17.7 Å². The van der Waals surface area contributed by atoms with Crippen molar-refractivity contribution in [1.29, 1.82) is 0 Å². The Morgan fingerprint density at radius 3 is 1.95 bits per heavy atom. The van der Waals surface area contributed by atoms with Gasteiger partial charge < -0.3 is 15.0 Å². The Kier molecular flexibility index (Phi) is 7.50. The molecule has 5 rings (SSSR count). The molecule has 4 aromatic rings. The van der Waals surface area contributed by atoms with E-state index in [4.69, 9.17) is 4.74 Å². The van der Waals surface area contributed by atoms with Crippen LogP contribution < -0.4 is 10.2 Å². The molecule has 0 saturated heterocycles. The summed E-state index contributed by atoms with van der Waals surface area (Å²) in [5, 5.41) is 3.47. The second-order valence-corrected chi connectivity index (χ2v) is 9.07. The summed E-state index contributed by atoms with van der Waals surface area (Å²) < 4.78 is 33.5. The smallest absolute Gasteiger partial charge is 0.338 e. The molecule has 1 aliphatic heterocycles. The van der Waals surface area contributed by atoms with E-state index in [1.165, 1.54) is 24.3 Å². The molecular formula is C32H28F2N2O2. The monoisotopic (exact) mass is 510 g/mol. The molecule has 38 heavy (non-hydrogen) atoms. The van der Waals surface area contributed by atoms with E-state index in [2.05, 4.69) is 10.2 Å². The van der Waals surface area contributed by atoms with Gasteiger partial charge >= 0.3 is 5.97 Å². The van der Waals surface area contributed by atoms with Crippen LogP contribution in [0.5, 0.6) is 0 Å². The van der Waals surface area contributed by atoms with Crippen molar-refractivity contribution in [3.05, 3.63) is 143 Å². The third-order valence-corrected chi connectivity index (χ3v) is 6.67. The average Bonchev–Trinajstić information content (AvgIpc) is 2.94. The maximum absolute atomic E-state index is 14.0. The van der Waals surface area contributed by atoms with E-state index in [9.17, 15) is 13.6 Å². The number of esters is 1. The van der Waals surface area contributed by atoms with Crippen LogP contribution in [0.1, 0.15) is 36.6 Å². The zero-order valence-electron chi connectivity index (χ0n) is 21.0. The number of halogens is 2. The first-order chi connectivity index (χ1) is 18.5. The van der Waals surface area contributed by atoms with Crippen LogP contribution in [0.3, 0.4) is 0 Å². The van der Waals surface area contributed by atoms with Crippen LogP contribution in [0, 0.1) is 11.6 Å². The molecule has 0 fully saturated rings. The number of nitrogens with zero attached hydrogens (tertiary/aromatic N) is 1. The van der Waals surface area contributed by atoms with Gasteiger partial charge in [-0.25, -0.2) is 13.6 Å². The molecule has 0 bridgehead atoms. The van der Waals surface area contributed by atoms with Crippen LogP contribution in [0.15, 0.2) is 120 Å². The van der Waals surface area contributed by atoms with Crippen molar-refractivity contribution in [2.45, 2.75) is 25.4 Å². The van der Waals surface area contributed by atoms with Crippen LogP contribution in [0.2, 0.25) is 0 Å². The summed E-state index contributed by atoms with van der Waals surface area (Å²) in [6, 6.07) is 31.1. The summed E-state index contributed by atoms with van der Waals surface area (Å²) in [6.07, 6.45) is 0.432. The highest BCUT2D eigenvalue weighted by Gasteiger charge is 2.41. The lowest BCUT2D eigenvalue weighted by atomic mass is 9.84. The van der Waals surface area contributed by atoms with Crippen LogP contribution in [-0.2, 0) is 9.53 Å². The molecule has 1 aliphatic rings. The molecule has 0 aliphatic carbocycles. The molecule has 4 nitrogen and oxygen atoms in total. The molecule has 192 valence electrons. The van der Waals surface area contributed by atoms with Crippen molar-refractivity contribution >= 4 is 17.3 Å². The minimum Gasteiger partial charge on any atom is -0.463 e. The Morgan fingerprint density at radius 1 is 0.816 bits per heavy atom. The Bertz CT molecular complexity index is 1410. The van der Waals surface area contributed by atoms with Gasteiger partial charge in [-0.05, 0) is 66.6 Å². The lowest BCUT2D eigenvalue weighted by molar-refractivity contribution is -0.139. The number of hydrogen-bond acceptors (Lipinski definition) is 4. The average molecular weight is 511 g/mol. The summed E-state index contributed by atoms with van der Waals surface area (Å²) >= 11 is 0. The van der Waals surface area contributed by atoms with Crippen molar-refractivity contribution in [2.24, 2.45) is 0 Å². The van der Waals surface area contributed by atoms with Crippen molar-refractivity contribution in [2.75, 3.05) is 16.8 Å². The summed E-state index contributed by atoms with van der Waals surface area (Å²) in [6.45, 7) is 1.98. The van der Waals surface area contributed by atoms with Crippen molar-refractivity contribution < 1.29 is 18.3 Å². The molecule has 0 aromatic heterocycles. The van der Waals surface area contributed by atoms with E-state index < -0.39 is 12.0 Å². The van der Waals surface area contributed by atoms with Gasteiger partial charge in [0.05, 0.1) is 24.3 Å². The van der Waals surface area contributed by atoms with Crippen LogP contribution in [0.25, 0.3) is 0 Å². The molecule has 0 saturated carbocycles. The van der Waals surface area contributed by atoms with Gasteiger partial charge in [-0.1, -0.05) is 60.7 Å². The first-order valence-electron chi connectivity index (χ1n) is 12.6. The Labute approximate surface area is 221 Å². The number of carbonyl (C=O) groups excluding carboxylic acids is 1. The summed E-state index contributed by atoms with van der Waals surface area (Å²) in [5.74, 6) is -1.13. The highest BCUT2D eigenvalue weighted by Crippen LogP contribution is 2.48. The molecule has 2 atom stereocenters. The Balaban J connectivity index is 1.77. The molecule has 0 amide bonds. The quantitative estimate of drug-likeness (QED) is 0.260. The van der Waals surface area contributed by atoms with Crippen molar-refractivity contribution in [1.82, 2.24) is 0 Å². The van der Waals surface area contributed by atoms with Crippen LogP contribution in [-0.4, -0.2) is 12.6 Å². The SMILES string of the molecule is CCOC(=O)C1=C(Nc2ccccc2)C[C@H](c2ccc(F)cc2)N(c2ccccc2)[C@H]1c1ccc(F)cc1. The number of rotatable bonds is 7. The van der Waals surface area contributed by atoms with Crippen LogP contribution in [0.4, 0.5) is 20.2 Å². The standard InChI is InChI=1S/C32H28F2N2O2/c1-2-38-32(37)30-28(35-26-9-5-3-6-10-26)21-29(22-13-17-24(33)18-14-22)36(27-11-7-4-8-12-27)31(30)23-15-19-25(34)20-16-23/h3-20,29,31,35H,2,21H2,1H3/t29-,31+/m1/s1. The predicted octanol–water partition coefficient (Wildman–Crippen LogP) is 7.59. The zero-order chi connectivity index (χ0) is 26.5. The minimum absolute atomic E-state index is 0.212. The van der Waals surface area contributed by atoms with E-state index in [0.717, 1.165) is 22.5 Å². The summed E-state index contributed by atoms with van der Waals surface area (Å²) in [5.41, 5.74) is 4.47. The molecule has 1 heterocycles. The molecule has 1 N–H and O–H groups in total. The minimum atomic E-state index is -0.605. The van der Waals surface area contributed by atoms with Crippen LogP contribution >= 0.6 is 0 Å². The first kappa shape index (κ1) is 25.2. The van der Waals surface area contributed by atoms with Gasteiger partial charge in [0.1, 0.15) is 11.6 Å². The molecule has 0 spiro atoms. The van der Waals surface area contributed by atoms with Gasteiger partial charge in [-0.2, -0.15) is 0 Å². The molecule has 0 radical (unpaired) electrons. The maximum Gasteiger partial charge on any atom is 0.338 e. The number of ether oxygens (including phenoxy) is 1. The van der Waals surface area contributed by atoms with Gasteiger partial charge in [-0.15, -0.1) is 0 Å². The third-order valence-electron chi connectivity index (χ3n) is 6.67. The van der Waals surface area contributed by atoms with E-state index in [1.54, 1.807) is 31.2 Å². The lowest BCUT2D eigenvalue weighted by Crippen LogP contribution is -2.41. The van der Waals surface area contributed by atoms with E-state index >= 15 is 0 Å². The Hall–Kier alpha value is -4.45. The van der Waals surface area contributed by atoms with Gasteiger partial charge in [0.2, 0.25) is 0 Å². The normalized spacial score (nSPS) is 17.3. The largest absolute Gasteiger partial charge is 0.463 e. The lowest BCUT2D eigenvalue weighted by Gasteiger charge is -2.46. The number of hydrogen-bond donors (Lipinski definition) is 1. The van der Waals surface area contributed by atoms with Gasteiger partial charge in [0, 0.05) is 23.5 Å². The fourth-order valence-corrected chi connectivity index (χ4v) is 5.01. The zero-order valence-corrected chi connectivity index (χ0v) is 21.0. The summed E-state index contributed by atoms with van der Waals surface area (Å²) in [7, 11) is 0. The van der Waals surface area contributed by atoms with Crippen molar-refractivity contribution in [3.63, 3.8) is 0 Å². The number of para-hydroxylation sites is 2. The highest BCUT2D eigenvalue weighted by molar-refractivity contribution is 5.93. The maximum atomic E-state index is 14.0. The molecule has 6 heteroatoms. The van der Waals surface area contributed by atoms with Gasteiger partial charge in [0.25, 0.3) is 0 Å². The van der Waals surface area contributed by atoms with Gasteiger partial charge in [0.15, 0.2) is 0 Å². The number of nitrogens with one attached hydrogen (secondary N) is 1. The third kappa shape index (κ3) is 5.30. The second-order valence-electron chi connectivity index (χ2n) is 9.07.